The highest BCUT2D eigenvalue weighted by Crippen LogP contribution is 2.25. The Bertz CT molecular complexity index is 636. The summed E-state index contributed by atoms with van der Waals surface area (Å²) in [6, 6.07) is 10.5. The molecule has 0 aliphatic rings. The number of pyridine rings is 1. The average Bonchev–Trinajstić information content (AvgIpc) is 2.39. The first-order valence-corrected chi connectivity index (χ1v) is 7.04. The smallest absolute Gasteiger partial charge is 0.255 e. The fourth-order valence-corrected chi connectivity index (χ4v) is 2.13. The fourth-order valence-electron chi connectivity index (χ4n) is 1.88. The molecular weight excluding hydrogens is 288 g/mol. The van der Waals surface area contributed by atoms with Crippen molar-refractivity contribution in [2.75, 3.05) is 5.32 Å². The van der Waals surface area contributed by atoms with Crippen LogP contribution in [0, 0.1) is 6.92 Å². The number of nitrogens with one attached hydrogen (secondary N) is 1. The summed E-state index contributed by atoms with van der Waals surface area (Å²) in [6.07, 6.45) is 0.0284. The Morgan fingerprint density at radius 3 is 2.67 bits per heavy atom. The van der Waals surface area contributed by atoms with Crippen LogP contribution in [0.15, 0.2) is 36.4 Å². The summed E-state index contributed by atoms with van der Waals surface area (Å²) in [5.41, 5.74) is 1.79. The van der Waals surface area contributed by atoms with E-state index >= 15 is 0 Å². The van der Waals surface area contributed by atoms with Gasteiger partial charge in [0.15, 0.2) is 0 Å². The largest absolute Gasteiger partial charge is 0.489 e. The van der Waals surface area contributed by atoms with E-state index in [0.717, 1.165) is 0 Å². The minimum atomic E-state index is -0.248. The zero-order valence-corrected chi connectivity index (χ0v) is 12.9. The summed E-state index contributed by atoms with van der Waals surface area (Å²) >= 11 is 5.88. The lowest BCUT2D eigenvalue weighted by Crippen LogP contribution is -2.15. The average molecular weight is 305 g/mol. The number of carbonyl (C=O) groups is 1. The van der Waals surface area contributed by atoms with Gasteiger partial charge in [0.05, 0.1) is 11.8 Å². The number of halogens is 1. The first kappa shape index (κ1) is 15.3. The molecule has 1 aromatic carbocycles. The maximum atomic E-state index is 12.3. The van der Waals surface area contributed by atoms with Crippen molar-refractivity contribution in [3.63, 3.8) is 0 Å². The lowest BCUT2D eigenvalue weighted by Gasteiger charge is -2.14. The van der Waals surface area contributed by atoms with Crippen LogP contribution in [0.3, 0.4) is 0 Å². The number of para-hydroxylation sites is 2. The number of anilines is 1. The van der Waals surface area contributed by atoms with Crippen LogP contribution in [-0.2, 0) is 0 Å². The Morgan fingerprint density at radius 1 is 1.29 bits per heavy atom. The van der Waals surface area contributed by atoms with Crippen LogP contribution in [0.2, 0.25) is 5.15 Å². The maximum Gasteiger partial charge on any atom is 0.255 e. The number of amides is 1. The highest BCUT2D eigenvalue weighted by Gasteiger charge is 2.12. The number of hydrogen-bond acceptors (Lipinski definition) is 3. The van der Waals surface area contributed by atoms with Crippen LogP contribution in [0.1, 0.15) is 29.9 Å². The van der Waals surface area contributed by atoms with Crippen LogP contribution >= 0.6 is 11.6 Å². The van der Waals surface area contributed by atoms with E-state index in [1.807, 2.05) is 32.0 Å². The van der Waals surface area contributed by atoms with Crippen LogP contribution in [0.25, 0.3) is 0 Å². The number of rotatable bonds is 4. The molecule has 0 aliphatic carbocycles. The summed E-state index contributed by atoms with van der Waals surface area (Å²) in [7, 11) is 0. The number of aromatic nitrogens is 1. The van der Waals surface area contributed by atoms with Crippen LogP contribution in [0.4, 0.5) is 5.69 Å². The second-order valence-corrected chi connectivity index (χ2v) is 5.32. The molecule has 21 heavy (non-hydrogen) atoms. The van der Waals surface area contributed by atoms with Gasteiger partial charge in [0.1, 0.15) is 10.9 Å². The first-order valence-electron chi connectivity index (χ1n) is 6.67. The standard InChI is InChI=1S/C16H17ClN2O2/c1-10(2)21-14-7-5-4-6-13(14)19-16(20)12-8-11(3)18-15(17)9-12/h4-10H,1-3H3,(H,19,20). The van der Waals surface area contributed by atoms with Gasteiger partial charge in [-0.2, -0.15) is 0 Å². The van der Waals surface area contributed by atoms with Gasteiger partial charge < -0.3 is 10.1 Å². The van der Waals surface area contributed by atoms with Gasteiger partial charge in [0, 0.05) is 11.3 Å². The third kappa shape index (κ3) is 4.20. The van der Waals surface area contributed by atoms with Gasteiger partial charge in [-0.1, -0.05) is 23.7 Å². The molecule has 0 radical (unpaired) electrons. The second-order valence-electron chi connectivity index (χ2n) is 4.94. The number of hydrogen-bond donors (Lipinski definition) is 1. The molecule has 0 bridgehead atoms. The van der Waals surface area contributed by atoms with E-state index in [4.69, 9.17) is 16.3 Å². The normalized spacial score (nSPS) is 10.5. The molecule has 0 spiro atoms. The first-order chi connectivity index (χ1) is 9.95. The fraction of sp³-hybridized carbons (Fsp3) is 0.250. The van der Waals surface area contributed by atoms with Gasteiger partial charge in [-0.15, -0.1) is 0 Å². The van der Waals surface area contributed by atoms with Gasteiger partial charge in [-0.25, -0.2) is 4.98 Å². The van der Waals surface area contributed by atoms with Crippen molar-refractivity contribution in [3.05, 3.63) is 52.8 Å². The molecule has 0 saturated heterocycles. The van der Waals surface area contributed by atoms with Gasteiger partial charge in [0.25, 0.3) is 5.91 Å². The zero-order chi connectivity index (χ0) is 15.4. The predicted molar refractivity (Wildman–Crippen MR) is 84.1 cm³/mol. The van der Waals surface area contributed by atoms with E-state index in [1.54, 1.807) is 19.1 Å². The lowest BCUT2D eigenvalue weighted by atomic mass is 10.2. The Labute approximate surface area is 129 Å². The molecule has 110 valence electrons. The van der Waals surface area contributed by atoms with E-state index in [0.29, 0.717) is 27.8 Å². The molecule has 1 aromatic heterocycles. The molecule has 0 atom stereocenters. The van der Waals surface area contributed by atoms with E-state index < -0.39 is 0 Å². The van der Waals surface area contributed by atoms with E-state index in [-0.39, 0.29) is 12.0 Å². The monoisotopic (exact) mass is 304 g/mol. The van der Waals surface area contributed by atoms with Crippen LogP contribution in [-0.4, -0.2) is 17.0 Å². The number of aryl methyl sites for hydroxylation is 1. The van der Waals surface area contributed by atoms with Gasteiger partial charge in [-0.3, -0.25) is 4.79 Å². The topological polar surface area (TPSA) is 51.2 Å². The summed E-state index contributed by atoms with van der Waals surface area (Å²) in [6.45, 7) is 5.66. The second kappa shape index (κ2) is 6.59. The molecule has 1 N–H and O–H groups in total. The zero-order valence-electron chi connectivity index (χ0n) is 12.2. The molecular formula is C16H17ClN2O2. The highest BCUT2D eigenvalue weighted by atomic mass is 35.5. The van der Waals surface area contributed by atoms with E-state index in [9.17, 15) is 4.79 Å². The molecule has 0 saturated carbocycles. The molecule has 1 amide bonds. The van der Waals surface area contributed by atoms with Crippen LogP contribution in [0.5, 0.6) is 5.75 Å². The molecule has 1 heterocycles. The Kier molecular flexibility index (Phi) is 4.81. The van der Waals surface area contributed by atoms with E-state index in [2.05, 4.69) is 10.3 Å². The summed E-state index contributed by atoms with van der Waals surface area (Å²) < 4.78 is 5.68. The van der Waals surface area contributed by atoms with Crippen molar-refractivity contribution in [1.29, 1.82) is 0 Å². The minimum Gasteiger partial charge on any atom is -0.489 e. The Morgan fingerprint density at radius 2 is 2.00 bits per heavy atom. The van der Waals surface area contributed by atoms with Gasteiger partial charge in [-0.05, 0) is 45.0 Å². The van der Waals surface area contributed by atoms with Gasteiger partial charge in [0.2, 0.25) is 0 Å². The predicted octanol–water partition coefficient (Wildman–Crippen LogP) is 4.08. The molecule has 0 fully saturated rings. The number of nitrogens with zero attached hydrogens (tertiary/aromatic N) is 1. The Balaban J connectivity index is 2.23. The van der Waals surface area contributed by atoms with Crippen molar-refractivity contribution in [2.45, 2.75) is 26.9 Å². The molecule has 2 aromatic rings. The summed E-state index contributed by atoms with van der Waals surface area (Å²) in [5, 5.41) is 3.13. The summed E-state index contributed by atoms with van der Waals surface area (Å²) in [4.78, 5) is 16.3. The van der Waals surface area contributed by atoms with Crippen molar-refractivity contribution >= 4 is 23.2 Å². The third-order valence-electron chi connectivity index (χ3n) is 2.68. The van der Waals surface area contributed by atoms with Gasteiger partial charge >= 0.3 is 0 Å². The SMILES string of the molecule is Cc1cc(C(=O)Nc2ccccc2OC(C)C)cc(Cl)n1. The molecule has 2 rings (SSSR count). The number of benzene rings is 1. The quantitative estimate of drug-likeness (QED) is 0.866. The molecule has 4 nitrogen and oxygen atoms in total. The number of carbonyl (C=O) groups excluding carboxylic acids is 1. The molecule has 0 aliphatic heterocycles. The van der Waals surface area contributed by atoms with Crippen molar-refractivity contribution in [3.8, 4) is 5.75 Å². The van der Waals surface area contributed by atoms with E-state index in [1.165, 1.54) is 6.07 Å². The Hall–Kier alpha value is -2.07. The van der Waals surface area contributed by atoms with Crippen molar-refractivity contribution < 1.29 is 9.53 Å². The lowest BCUT2D eigenvalue weighted by molar-refractivity contribution is 0.102. The minimum absolute atomic E-state index is 0.0284. The number of ether oxygens (including phenoxy) is 1. The highest BCUT2D eigenvalue weighted by molar-refractivity contribution is 6.29. The third-order valence-corrected chi connectivity index (χ3v) is 2.88. The molecule has 5 heteroatoms. The maximum absolute atomic E-state index is 12.3. The van der Waals surface area contributed by atoms with Crippen LogP contribution < -0.4 is 10.1 Å². The summed E-state index contributed by atoms with van der Waals surface area (Å²) in [5.74, 6) is 0.389. The molecule has 0 unspecified atom stereocenters. The van der Waals surface area contributed by atoms with Crippen molar-refractivity contribution in [1.82, 2.24) is 4.98 Å². The van der Waals surface area contributed by atoms with Crippen molar-refractivity contribution in [2.24, 2.45) is 0 Å².